The number of nitrogens with zero attached hydrogens (tertiary/aromatic N) is 2. The molecule has 17 heavy (non-hydrogen) atoms. The Morgan fingerprint density at radius 2 is 1.82 bits per heavy atom. The molecule has 0 bridgehead atoms. The average Bonchev–Trinajstić information content (AvgIpc) is 2.28. The predicted molar refractivity (Wildman–Crippen MR) is 72.9 cm³/mol. The van der Waals surface area contributed by atoms with Gasteiger partial charge < -0.3 is 0 Å². The van der Waals surface area contributed by atoms with Gasteiger partial charge in [-0.25, -0.2) is 0 Å². The lowest BCUT2D eigenvalue weighted by atomic mass is 10.1. The minimum atomic E-state index is 0.720. The molecule has 1 aliphatic rings. The van der Waals surface area contributed by atoms with Gasteiger partial charge in [0.15, 0.2) is 0 Å². The average molecular weight is 246 g/mol. The summed E-state index contributed by atoms with van der Waals surface area (Å²) < 4.78 is 0. The van der Waals surface area contributed by atoms with E-state index in [9.17, 15) is 0 Å². The number of benzene rings is 1. The summed E-state index contributed by atoms with van der Waals surface area (Å²) in [6.07, 6.45) is 0. The van der Waals surface area contributed by atoms with E-state index < -0.39 is 0 Å². The maximum absolute atomic E-state index is 8.76. The van der Waals surface area contributed by atoms with E-state index in [2.05, 4.69) is 48.7 Å². The van der Waals surface area contributed by atoms with Crippen LogP contribution < -0.4 is 0 Å². The molecule has 1 heterocycles. The second-order valence-corrected chi connectivity index (χ2v) is 6.64. The van der Waals surface area contributed by atoms with Crippen molar-refractivity contribution in [2.24, 2.45) is 0 Å². The van der Waals surface area contributed by atoms with Crippen LogP contribution in [0.4, 0.5) is 0 Å². The zero-order valence-corrected chi connectivity index (χ0v) is 11.2. The Balaban J connectivity index is 1.98. The summed E-state index contributed by atoms with van der Waals surface area (Å²) in [7, 11) is 0. The highest BCUT2D eigenvalue weighted by Crippen LogP contribution is 2.25. The van der Waals surface area contributed by atoms with Crippen molar-refractivity contribution in [3.8, 4) is 6.07 Å². The second-order valence-electron chi connectivity index (χ2n) is 4.76. The number of nitriles is 1. The van der Waals surface area contributed by atoms with Crippen LogP contribution in [0, 0.1) is 11.3 Å². The molecule has 1 saturated heterocycles. The van der Waals surface area contributed by atoms with Crippen molar-refractivity contribution in [1.29, 1.82) is 5.26 Å². The second kappa shape index (κ2) is 5.57. The number of hydrogen-bond donors (Lipinski definition) is 0. The first-order chi connectivity index (χ1) is 8.17. The van der Waals surface area contributed by atoms with Crippen molar-refractivity contribution in [3.05, 3.63) is 35.4 Å². The monoisotopic (exact) mass is 246 g/mol. The SMILES string of the molecule is CC1CN(Cc2ccc(C#N)cc2)CC(C)S1. The van der Waals surface area contributed by atoms with E-state index in [1.807, 2.05) is 12.1 Å². The van der Waals surface area contributed by atoms with E-state index in [1.54, 1.807) is 0 Å². The van der Waals surface area contributed by atoms with Crippen molar-refractivity contribution < 1.29 is 0 Å². The Morgan fingerprint density at radius 3 is 2.35 bits per heavy atom. The Labute approximate surface area is 108 Å². The highest BCUT2D eigenvalue weighted by Gasteiger charge is 2.21. The molecule has 90 valence electrons. The Bertz CT molecular complexity index is 397. The van der Waals surface area contributed by atoms with E-state index in [-0.39, 0.29) is 0 Å². The van der Waals surface area contributed by atoms with Gasteiger partial charge >= 0.3 is 0 Å². The van der Waals surface area contributed by atoms with Gasteiger partial charge in [-0.2, -0.15) is 17.0 Å². The molecule has 2 unspecified atom stereocenters. The van der Waals surface area contributed by atoms with Gasteiger partial charge in [0, 0.05) is 30.1 Å². The smallest absolute Gasteiger partial charge is 0.0991 e. The van der Waals surface area contributed by atoms with Crippen molar-refractivity contribution >= 4 is 11.8 Å². The minimum absolute atomic E-state index is 0.720. The van der Waals surface area contributed by atoms with Gasteiger partial charge in [0.2, 0.25) is 0 Å². The zero-order valence-electron chi connectivity index (χ0n) is 10.4. The lowest BCUT2D eigenvalue weighted by Gasteiger charge is -2.34. The van der Waals surface area contributed by atoms with E-state index in [4.69, 9.17) is 5.26 Å². The van der Waals surface area contributed by atoms with Crippen LogP contribution in [0.5, 0.6) is 0 Å². The molecule has 0 radical (unpaired) electrons. The third-order valence-corrected chi connectivity index (χ3v) is 4.21. The number of hydrogen-bond acceptors (Lipinski definition) is 3. The minimum Gasteiger partial charge on any atom is -0.297 e. The summed E-state index contributed by atoms with van der Waals surface area (Å²) in [5.74, 6) is 0. The van der Waals surface area contributed by atoms with Crippen LogP contribution >= 0.6 is 11.8 Å². The van der Waals surface area contributed by atoms with Crippen LogP contribution in [0.3, 0.4) is 0 Å². The Kier molecular flexibility index (Phi) is 4.09. The predicted octanol–water partition coefficient (Wildman–Crippen LogP) is 2.88. The molecular formula is C14H18N2S. The van der Waals surface area contributed by atoms with Gasteiger partial charge in [0.25, 0.3) is 0 Å². The first-order valence-electron chi connectivity index (χ1n) is 6.04. The fourth-order valence-electron chi connectivity index (χ4n) is 2.36. The fourth-order valence-corrected chi connectivity index (χ4v) is 3.74. The molecule has 1 aromatic carbocycles. The highest BCUT2D eigenvalue weighted by molar-refractivity contribution is 8.00. The standard InChI is InChI=1S/C14H18N2S/c1-11-8-16(9-12(2)17-11)10-14-5-3-13(7-15)4-6-14/h3-6,11-12H,8-10H2,1-2H3. The summed E-state index contributed by atoms with van der Waals surface area (Å²) in [6.45, 7) is 7.92. The molecule has 2 atom stereocenters. The number of rotatable bonds is 2. The van der Waals surface area contributed by atoms with Gasteiger partial charge in [-0.15, -0.1) is 0 Å². The Hall–Kier alpha value is -0.980. The van der Waals surface area contributed by atoms with Gasteiger partial charge in [-0.3, -0.25) is 4.90 Å². The van der Waals surface area contributed by atoms with Gasteiger partial charge in [0.05, 0.1) is 11.6 Å². The van der Waals surface area contributed by atoms with E-state index in [0.717, 1.165) is 35.7 Å². The molecule has 3 heteroatoms. The maximum Gasteiger partial charge on any atom is 0.0991 e. The fraction of sp³-hybridized carbons (Fsp3) is 0.500. The molecular weight excluding hydrogens is 228 g/mol. The topological polar surface area (TPSA) is 27.0 Å². The lowest BCUT2D eigenvalue weighted by molar-refractivity contribution is 0.263. The lowest BCUT2D eigenvalue weighted by Crippen LogP contribution is -2.39. The normalized spacial score (nSPS) is 25.5. The van der Waals surface area contributed by atoms with E-state index in [0.29, 0.717) is 0 Å². The molecule has 1 fully saturated rings. The van der Waals surface area contributed by atoms with Gasteiger partial charge in [-0.1, -0.05) is 26.0 Å². The van der Waals surface area contributed by atoms with Crippen molar-refractivity contribution in [2.45, 2.75) is 30.9 Å². The van der Waals surface area contributed by atoms with Crippen molar-refractivity contribution in [2.75, 3.05) is 13.1 Å². The molecule has 0 amide bonds. The van der Waals surface area contributed by atoms with Crippen molar-refractivity contribution in [3.63, 3.8) is 0 Å². The highest BCUT2D eigenvalue weighted by atomic mass is 32.2. The van der Waals surface area contributed by atoms with E-state index in [1.165, 1.54) is 5.56 Å². The maximum atomic E-state index is 8.76. The molecule has 0 aliphatic carbocycles. The zero-order chi connectivity index (χ0) is 12.3. The van der Waals surface area contributed by atoms with Crippen LogP contribution in [0.25, 0.3) is 0 Å². The molecule has 1 aliphatic heterocycles. The summed E-state index contributed by atoms with van der Waals surface area (Å²) >= 11 is 2.08. The van der Waals surface area contributed by atoms with Crippen molar-refractivity contribution in [1.82, 2.24) is 4.90 Å². The summed E-state index contributed by atoms with van der Waals surface area (Å²) in [5.41, 5.74) is 2.04. The largest absolute Gasteiger partial charge is 0.297 e. The van der Waals surface area contributed by atoms with Gasteiger partial charge in [0.1, 0.15) is 0 Å². The third-order valence-electron chi connectivity index (χ3n) is 2.98. The molecule has 2 rings (SSSR count). The number of thioether (sulfide) groups is 1. The molecule has 1 aromatic rings. The van der Waals surface area contributed by atoms with Crippen LogP contribution in [-0.2, 0) is 6.54 Å². The first kappa shape index (κ1) is 12.5. The van der Waals surface area contributed by atoms with Crippen LogP contribution in [0.1, 0.15) is 25.0 Å². The first-order valence-corrected chi connectivity index (χ1v) is 6.98. The van der Waals surface area contributed by atoms with Crippen LogP contribution in [-0.4, -0.2) is 28.5 Å². The molecule has 0 spiro atoms. The van der Waals surface area contributed by atoms with Crippen LogP contribution in [0.2, 0.25) is 0 Å². The molecule has 2 nitrogen and oxygen atoms in total. The molecule has 0 N–H and O–H groups in total. The van der Waals surface area contributed by atoms with E-state index >= 15 is 0 Å². The molecule has 0 saturated carbocycles. The summed E-state index contributed by atoms with van der Waals surface area (Å²) in [6, 6.07) is 10.1. The summed E-state index contributed by atoms with van der Waals surface area (Å²) in [5, 5.41) is 10.2. The van der Waals surface area contributed by atoms with Crippen LogP contribution in [0.15, 0.2) is 24.3 Å². The summed E-state index contributed by atoms with van der Waals surface area (Å²) in [4.78, 5) is 2.51. The third kappa shape index (κ3) is 3.49. The van der Waals surface area contributed by atoms with Gasteiger partial charge in [-0.05, 0) is 17.7 Å². The Morgan fingerprint density at radius 1 is 1.24 bits per heavy atom. The molecule has 0 aromatic heterocycles. The quantitative estimate of drug-likeness (QED) is 0.803.